The van der Waals surface area contributed by atoms with Gasteiger partial charge in [-0.05, 0) is 67.5 Å². The van der Waals surface area contributed by atoms with E-state index in [0.29, 0.717) is 13.2 Å². The molecule has 0 spiro atoms. The number of rotatable bonds is 13. The number of aryl methyl sites for hydroxylation is 1. The average molecular weight is 585 g/mol. The van der Waals surface area contributed by atoms with Gasteiger partial charge in [-0.1, -0.05) is 47.0 Å². The van der Waals surface area contributed by atoms with Gasteiger partial charge in [-0.3, -0.25) is 0 Å². The molecule has 0 saturated carbocycles. The number of carbonyl (C=O) groups is 1. The summed E-state index contributed by atoms with van der Waals surface area (Å²) in [5.74, 6) is 0.221. The molecule has 1 amide bonds. The molecule has 1 saturated heterocycles. The number of hydrogen-bond donors (Lipinski definition) is 0. The van der Waals surface area contributed by atoms with E-state index < -0.39 is 5.79 Å². The number of halogens is 1. The van der Waals surface area contributed by atoms with Crippen molar-refractivity contribution in [3.05, 3.63) is 63.6 Å². The first kappa shape index (κ1) is 30.5. The van der Waals surface area contributed by atoms with E-state index in [1.54, 1.807) is 0 Å². The van der Waals surface area contributed by atoms with Crippen molar-refractivity contribution >= 4 is 22.0 Å². The third-order valence-corrected chi connectivity index (χ3v) is 7.13. The van der Waals surface area contributed by atoms with Crippen LogP contribution < -0.4 is 34.3 Å². The van der Waals surface area contributed by atoms with Crippen molar-refractivity contribution in [3.63, 3.8) is 0 Å². The third-order valence-electron chi connectivity index (χ3n) is 6.63. The normalized spacial score (nSPS) is 18.1. The van der Waals surface area contributed by atoms with Gasteiger partial charge in [0, 0.05) is 43.6 Å². The van der Waals surface area contributed by atoms with E-state index in [4.69, 9.17) is 18.9 Å². The summed E-state index contributed by atoms with van der Waals surface area (Å²) in [5.41, 5.74) is 3.35. The Morgan fingerprint density at radius 2 is 1.84 bits per heavy atom. The van der Waals surface area contributed by atoms with Crippen LogP contribution in [-0.2, 0) is 27.2 Å². The molecular weight excluding hydrogens is 545 g/mol. The minimum absolute atomic E-state index is 0. The van der Waals surface area contributed by atoms with E-state index in [1.165, 1.54) is 5.56 Å². The Morgan fingerprint density at radius 1 is 1.05 bits per heavy atom. The summed E-state index contributed by atoms with van der Waals surface area (Å²) in [4.78, 5) is 14.2. The molecule has 0 aromatic heterocycles. The van der Waals surface area contributed by atoms with E-state index in [9.17, 15) is 4.79 Å². The van der Waals surface area contributed by atoms with Gasteiger partial charge in [-0.25, -0.2) is 4.79 Å². The van der Waals surface area contributed by atoms with Gasteiger partial charge in [-0.2, -0.15) is 0 Å². The molecule has 2 aromatic rings. The van der Waals surface area contributed by atoms with Crippen LogP contribution in [0.15, 0.2) is 46.9 Å². The Hall–Kier alpha value is -1.09. The van der Waals surface area contributed by atoms with E-state index in [0.717, 1.165) is 86.1 Å². The Labute approximate surface area is 253 Å². The monoisotopic (exact) mass is 583 g/mol. The number of amides is 1. The number of carbonyl (C=O) groups excluding carboxylic acids is 1. The molecule has 6 nitrogen and oxygen atoms in total. The zero-order chi connectivity index (χ0) is 25.4. The fourth-order valence-corrected chi connectivity index (χ4v) is 5.06. The molecular formula is C29H39BrNNaO5. The van der Waals surface area contributed by atoms with E-state index in [2.05, 4.69) is 40.2 Å². The van der Waals surface area contributed by atoms with Crippen LogP contribution in [0.5, 0.6) is 5.75 Å². The van der Waals surface area contributed by atoms with Crippen LogP contribution in [0.25, 0.3) is 0 Å². The molecule has 198 valence electrons. The van der Waals surface area contributed by atoms with Crippen molar-refractivity contribution < 1.29 is 54.7 Å². The van der Waals surface area contributed by atoms with Crippen molar-refractivity contribution in [2.75, 3.05) is 26.3 Å². The van der Waals surface area contributed by atoms with Crippen molar-refractivity contribution in [2.24, 2.45) is 0 Å². The van der Waals surface area contributed by atoms with Gasteiger partial charge in [0.05, 0.1) is 13.2 Å². The quantitative estimate of drug-likeness (QED) is 0.260. The SMILES string of the molecule is CC1(C)OCc2cc([C@@H]3CN(CCCCCCOCCCCc4cccc(Br)c4)C(=O)O3)ccc2O1.[H-].[Na+]. The molecule has 1 fully saturated rings. The van der Waals surface area contributed by atoms with Gasteiger partial charge in [0.25, 0.3) is 0 Å². The number of cyclic esters (lactones) is 1. The van der Waals surface area contributed by atoms with Crippen molar-refractivity contribution in [2.45, 2.75) is 77.3 Å². The van der Waals surface area contributed by atoms with Crippen molar-refractivity contribution in [1.29, 1.82) is 0 Å². The molecule has 0 N–H and O–H groups in total. The molecule has 8 heteroatoms. The Bertz CT molecular complexity index is 1020. The predicted octanol–water partition coefficient (Wildman–Crippen LogP) is 4.30. The van der Waals surface area contributed by atoms with Gasteiger partial charge < -0.3 is 25.3 Å². The van der Waals surface area contributed by atoms with E-state index in [-0.39, 0.29) is 43.2 Å². The summed E-state index contributed by atoms with van der Waals surface area (Å²) in [7, 11) is 0. The summed E-state index contributed by atoms with van der Waals surface area (Å²) in [6, 6.07) is 14.5. The molecule has 0 radical (unpaired) electrons. The van der Waals surface area contributed by atoms with Crippen LogP contribution >= 0.6 is 15.9 Å². The molecule has 0 aliphatic carbocycles. The van der Waals surface area contributed by atoms with Crippen LogP contribution in [-0.4, -0.2) is 43.1 Å². The van der Waals surface area contributed by atoms with Crippen molar-refractivity contribution in [1.82, 2.24) is 4.90 Å². The molecule has 1 atom stereocenters. The topological polar surface area (TPSA) is 57.2 Å². The van der Waals surface area contributed by atoms with Crippen LogP contribution in [0.2, 0.25) is 0 Å². The fraction of sp³-hybridized carbons (Fsp3) is 0.552. The zero-order valence-electron chi connectivity index (χ0n) is 23.5. The second-order valence-corrected chi connectivity index (χ2v) is 11.0. The van der Waals surface area contributed by atoms with Crippen LogP contribution in [0.1, 0.15) is 76.6 Å². The number of hydrogen-bond acceptors (Lipinski definition) is 5. The zero-order valence-corrected chi connectivity index (χ0v) is 26.1. The Kier molecular flexibility index (Phi) is 12.3. The Balaban J connectivity index is 0.00000253. The van der Waals surface area contributed by atoms with Crippen LogP contribution in [0, 0.1) is 0 Å². The number of fused-ring (bicyclic) bond motifs is 1. The largest absolute Gasteiger partial charge is 1.00 e. The minimum Gasteiger partial charge on any atom is -1.00 e. The van der Waals surface area contributed by atoms with Crippen LogP contribution in [0.3, 0.4) is 0 Å². The smallest absolute Gasteiger partial charge is 1.00 e. The molecule has 4 rings (SSSR count). The van der Waals surface area contributed by atoms with Gasteiger partial charge in [-0.15, -0.1) is 0 Å². The minimum atomic E-state index is -0.613. The second-order valence-electron chi connectivity index (χ2n) is 10.1. The molecule has 2 aliphatic rings. The average Bonchev–Trinajstić information content (AvgIpc) is 3.22. The summed E-state index contributed by atoms with van der Waals surface area (Å²) < 4.78 is 24.2. The molecule has 0 unspecified atom stereocenters. The van der Waals surface area contributed by atoms with Gasteiger partial charge in [0.15, 0.2) is 0 Å². The molecule has 0 bridgehead atoms. The van der Waals surface area contributed by atoms with Crippen molar-refractivity contribution in [3.8, 4) is 5.75 Å². The molecule has 2 aliphatic heterocycles. The van der Waals surface area contributed by atoms with Gasteiger partial charge in [0.1, 0.15) is 11.9 Å². The number of ether oxygens (including phenoxy) is 4. The molecule has 37 heavy (non-hydrogen) atoms. The van der Waals surface area contributed by atoms with E-state index >= 15 is 0 Å². The standard InChI is InChI=1S/C29H38BrNO5.Na.H/c1-29(2)34-21-24-19-23(13-14-26(24)36-29)27-20-31(28(32)35-27)15-6-3-4-7-16-33-17-8-5-10-22-11-9-12-25(30)18-22;;/h9,11-14,18-19,27H,3-8,10,15-17,20-21H2,1-2H3;;/q;+1;-1/t27-;;/m0../s1. The predicted molar refractivity (Wildman–Crippen MR) is 144 cm³/mol. The number of nitrogens with zero attached hydrogens (tertiary/aromatic N) is 1. The first-order chi connectivity index (χ1) is 17.4. The first-order valence-corrected chi connectivity index (χ1v) is 13.9. The number of unbranched alkanes of at least 4 members (excludes halogenated alkanes) is 4. The summed E-state index contributed by atoms with van der Waals surface area (Å²) >= 11 is 3.52. The molecule has 2 heterocycles. The summed E-state index contributed by atoms with van der Waals surface area (Å²) in [5, 5.41) is 0. The maximum absolute atomic E-state index is 12.4. The maximum atomic E-state index is 12.4. The first-order valence-electron chi connectivity index (χ1n) is 13.1. The molecule has 2 aromatic carbocycles. The van der Waals surface area contributed by atoms with E-state index in [1.807, 2.05) is 36.9 Å². The summed E-state index contributed by atoms with van der Waals surface area (Å²) in [6.45, 7) is 7.27. The summed E-state index contributed by atoms with van der Waals surface area (Å²) in [6.07, 6.45) is 7.12. The fourth-order valence-electron chi connectivity index (χ4n) is 4.61. The van der Waals surface area contributed by atoms with Gasteiger partial charge >= 0.3 is 35.7 Å². The van der Waals surface area contributed by atoms with Crippen LogP contribution in [0.4, 0.5) is 4.79 Å². The number of benzene rings is 2. The third kappa shape index (κ3) is 9.55. The van der Waals surface area contributed by atoms with Gasteiger partial charge in [0.2, 0.25) is 5.79 Å². The Morgan fingerprint density at radius 3 is 2.65 bits per heavy atom. The maximum Gasteiger partial charge on any atom is 1.00 e. The second kappa shape index (κ2) is 14.9.